The van der Waals surface area contributed by atoms with Gasteiger partial charge in [0.1, 0.15) is 23.2 Å². The van der Waals surface area contributed by atoms with Gasteiger partial charge in [-0.3, -0.25) is 9.59 Å². The largest absolute Gasteiger partial charge is 0.495 e. The molecular weight excluding hydrogens is 430 g/mol. The highest BCUT2D eigenvalue weighted by Gasteiger charge is 2.23. The van der Waals surface area contributed by atoms with E-state index in [2.05, 4.69) is 10.3 Å². The minimum atomic E-state index is -0.376. The molecule has 0 atom stereocenters. The van der Waals surface area contributed by atoms with Crippen LogP contribution in [-0.2, 0) is 11.3 Å². The Bertz CT molecular complexity index is 1260. The molecule has 2 aromatic carbocycles. The fraction of sp³-hybridized carbons (Fsp3) is 0.125. The predicted octanol–water partition coefficient (Wildman–Crippen LogP) is 4.77. The number of hydrogen-bond donors (Lipinski definition) is 1. The lowest BCUT2D eigenvalue weighted by Crippen LogP contribution is -2.37. The Morgan fingerprint density at radius 3 is 2.66 bits per heavy atom. The average molecular weight is 450 g/mol. The van der Waals surface area contributed by atoms with Gasteiger partial charge in [0.05, 0.1) is 36.7 Å². The van der Waals surface area contributed by atoms with Gasteiger partial charge >= 0.3 is 0 Å². The molecule has 4 rings (SSSR count). The predicted molar refractivity (Wildman–Crippen MR) is 122 cm³/mol. The summed E-state index contributed by atoms with van der Waals surface area (Å²) in [5.74, 6) is 0.334. The Labute approximate surface area is 189 Å². The van der Waals surface area contributed by atoms with Crippen LogP contribution in [-0.4, -0.2) is 35.4 Å². The number of methoxy groups -OCH3 is 1. The van der Waals surface area contributed by atoms with Gasteiger partial charge in [0.2, 0.25) is 5.91 Å². The van der Waals surface area contributed by atoms with Crippen LogP contribution in [0.2, 0.25) is 5.15 Å². The van der Waals surface area contributed by atoms with Crippen molar-refractivity contribution in [1.82, 2.24) is 9.88 Å². The Hall–Kier alpha value is -3.84. The van der Waals surface area contributed by atoms with Crippen LogP contribution >= 0.6 is 11.6 Å². The molecule has 0 aliphatic heterocycles. The molecule has 4 aromatic rings. The number of para-hydroxylation sites is 3. The SMILES string of the molecule is COc1ccccc1NC(=O)CN(Cc1ccco1)C(=O)c1cc(Cl)nc2ccccc12. The molecule has 0 spiro atoms. The van der Waals surface area contributed by atoms with Crippen LogP contribution in [0.4, 0.5) is 5.69 Å². The van der Waals surface area contributed by atoms with E-state index in [0.29, 0.717) is 33.7 Å². The number of nitrogens with one attached hydrogen (secondary N) is 1. The van der Waals surface area contributed by atoms with Crippen LogP contribution in [0.15, 0.2) is 77.4 Å². The molecule has 1 N–H and O–H groups in total. The second kappa shape index (κ2) is 9.53. The molecule has 0 aliphatic rings. The zero-order chi connectivity index (χ0) is 22.5. The number of fused-ring (bicyclic) bond motifs is 1. The lowest BCUT2D eigenvalue weighted by atomic mass is 10.1. The number of furan rings is 1. The van der Waals surface area contributed by atoms with Crippen LogP contribution in [0.3, 0.4) is 0 Å². The molecule has 8 heteroatoms. The summed E-state index contributed by atoms with van der Waals surface area (Å²) in [5, 5.41) is 3.65. The number of carbonyl (C=O) groups is 2. The van der Waals surface area contributed by atoms with Gasteiger partial charge in [-0.25, -0.2) is 4.98 Å². The number of carbonyl (C=O) groups excluding carboxylic acids is 2. The number of aromatic nitrogens is 1. The van der Waals surface area contributed by atoms with Crippen molar-refractivity contribution in [3.8, 4) is 5.75 Å². The van der Waals surface area contributed by atoms with Crippen molar-refractivity contribution in [2.45, 2.75) is 6.54 Å². The molecule has 0 fully saturated rings. The van der Waals surface area contributed by atoms with E-state index < -0.39 is 0 Å². The van der Waals surface area contributed by atoms with Crippen molar-refractivity contribution in [1.29, 1.82) is 0 Å². The van der Waals surface area contributed by atoms with Gasteiger partial charge in [-0.1, -0.05) is 41.9 Å². The number of amides is 2. The quantitative estimate of drug-likeness (QED) is 0.411. The normalized spacial score (nSPS) is 10.7. The van der Waals surface area contributed by atoms with E-state index in [4.69, 9.17) is 20.8 Å². The van der Waals surface area contributed by atoms with Crippen molar-refractivity contribution >= 4 is 40.0 Å². The highest BCUT2D eigenvalue weighted by molar-refractivity contribution is 6.30. The summed E-state index contributed by atoms with van der Waals surface area (Å²) in [4.78, 5) is 32.1. The van der Waals surface area contributed by atoms with E-state index in [1.165, 1.54) is 24.3 Å². The fourth-order valence-electron chi connectivity index (χ4n) is 3.39. The zero-order valence-corrected chi connectivity index (χ0v) is 18.0. The lowest BCUT2D eigenvalue weighted by molar-refractivity contribution is -0.117. The molecule has 0 radical (unpaired) electrons. The molecule has 7 nitrogen and oxygen atoms in total. The van der Waals surface area contributed by atoms with Gasteiger partial charge in [-0.15, -0.1) is 0 Å². The maximum absolute atomic E-state index is 13.5. The van der Waals surface area contributed by atoms with Crippen molar-refractivity contribution in [3.63, 3.8) is 0 Å². The van der Waals surface area contributed by atoms with Gasteiger partial charge in [0, 0.05) is 5.39 Å². The molecule has 2 amide bonds. The van der Waals surface area contributed by atoms with Gasteiger partial charge in [0.25, 0.3) is 5.91 Å². The van der Waals surface area contributed by atoms with Gasteiger partial charge in [-0.05, 0) is 36.4 Å². The molecule has 2 aromatic heterocycles. The molecule has 0 unspecified atom stereocenters. The standard InChI is InChI=1S/C24H20ClN3O4/c1-31-21-11-5-4-10-20(21)27-23(29)15-28(14-16-7-6-12-32-16)24(30)18-13-22(25)26-19-9-3-2-8-17(18)19/h2-13H,14-15H2,1H3,(H,27,29). The van der Waals surface area contributed by atoms with Gasteiger partial charge in [-0.2, -0.15) is 0 Å². The topological polar surface area (TPSA) is 84.7 Å². The third kappa shape index (κ3) is 4.73. The number of hydrogen-bond acceptors (Lipinski definition) is 5. The molecule has 0 saturated carbocycles. The van der Waals surface area contributed by atoms with Gasteiger partial charge < -0.3 is 19.4 Å². The molecule has 162 valence electrons. The zero-order valence-electron chi connectivity index (χ0n) is 17.2. The number of nitrogens with zero attached hydrogens (tertiary/aromatic N) is 2. The number of pyridine rings is 1. The first kappa shape index (κ1) is 21.4. The second-order valence-electron chi connectivity index (χ2n) is 7.00. The first-order chi connectivity index (χ1) is 15.5. The average Bonchev–Trinajstić information content (AvgIpc) is 3.31. The van der Waals surface area contributed by atoms with Gasteiger partial charge in [0.15, 0.2) is 0 Å². The number of halogens is 1. The Kier molecular flexibility index (Phi) is 6.37. The molecular formula is C24H20ClN3O4. The van der Waals surface area contributed by atoms with E-state index in [9.17, 15) is 9.59 Å². The van der Waals surface area contributed by atoms with Crippen LogP contribution in [0.1, 0.15) is 16.1 Å². The number of rotatable bonds is 7. The van der Waals surface area contributed by atoms with Crippen LogP contribution < -0.4 is 10.1 Å². The Balaban J connectivity index is 1.64. The first-order valence-corrected chi connectivity index (χ1v) is 10.2. The van der Waals surface area contributed by atoms with Crippen molar-refractivity contribution in [2.24, 2.45) is 0 Å². The fourth-order valence-corrected chi connectivity index (χ4v) is 3.59. The van der Waals surface area contributed by atoms with E-state index >= 15 is 0 Å². The first-order valence-electron chi connectivity index (χ1n) is 9.85. The molecule has 0 bridgehead atoms. The van der Waals surface area contributed by atoms with E-state index in [0.717, 1.165) is 0 Å². The molecule has 2 heterocycles. The van der Waals surface area contributed by atoms with E-state index in [-0.39, 0.29) is 30.1 Å². The summed E-state index contributed by atoms with van der Waals surface area (Å²) >= 11 is 6.17. The summed E-state index contributed by atoms with van der Waals surface area (Å²) in [6, 6.07) is 19.3. The van der Waals surface area contributed by atoms with Crippen LogP contribution in [0, 0.1) is 0 Å². The Morgan fingerprint density at radius 1 is 1.09 bits per heavy atom. The van der Waals surface area contributed by atoms with E-state index in [1.807, 2.05) is 12.1 Å². The molecule has 32 heavy (non-hydrogen) atoms. The van der Waals surface area contributed by atoms with Crippen molar-refractivity contribution in [2.75, 3.05) is 19.0 Å². The Morgan fingerprint density at radius 2 is 1.88 bits per heavy atom. The maximum atomic E-state index is 13.5. The van der Waals surface area contributed by atoms with Crippen LogP contribution in [0.25, 0.3) is 10.9 Å². The monoisotopic (exact) mass is 449 g/mol. The smallest absolute Gasteiger partial charge is 0.255 e. The summed E-state index contributed by atoms with van der Waals surface area (Å²) in [6.45, 7) is -0.0920. The number of anilines is 1. The third-order valence-electron chi connectivity index (χ3n) is 4.84. The minimum absolute atomic E-state index is 0.111. The minimum Gasteiger partial charge on any atom is -0.495 e. The summed E-state index contributed by atoms with van der Waals surface area (Å²) in [7, 11) is 1.52. The summed E-state index contributed by atoms with van der Waals surface area (Å²) in [5.41, 5.74) is 1.47. The lowest BCUT2D eigenvalue weighted by Gasteiger charge is -2.22. The van der Waals surface area contributed by atoms with Crippen LogP contribution in [0.5, 0.6) is 5.75 Å². The second-order valence-corrected chi connectivity index (χ2v) is 7.39. The van der Waals surface area contributed by atoms with E-state index in [1.54, 1.807) is 48.5 Å². The molecule has 0 saturated heterocycles. The summed E-state index contributed by atoms with van der Waals surface area (Å²) < 4.78 is 10.7. The molecule has 0 aliphatic carbocycles. The highest BCUT2D eigenvalue weighted by Crippen LogP contribution is 2.25. The van der Waals surface area contributed by atoms with Crippen molar-refractivity contribution in [3.05, 3.63) is 89.5 Å². The highest BCUT2D eigenvalue weighted by atomic mass is 35.5. The number of ether oxygens (including phenoxy) is 1. The summed E-state index contributed by atoms with van der Waals surface area (Å²) in [6.07, 6.45) is 1.52. The third-order valence-corrected chi connectivity index (χ3v) is 5.04. The number of benzene rings is 2. The maximum Gasteiger partial charge on any atom is 0.255 e. The van der Waals surface area contributed by atoms with Crippen molar-refractivity contribution < 1.29 is 18.7 Å².